The van der Waals surface area contributed by atoms with Gasteiger partial charge in [-0.1, -0.05) is 84.4 Å². The number of carboxylic acids is 3. The fourth-order valence-electron chi connectivity index (χ4n) is 3.67. The molecule has 3 aromatic rings. The molecule has 0 fully saturated rings. The number of hydrogen-bond acceptors (Lipinski definition) is 5. The molecular weight excluding hydrogens is 462 g/mol. The second kappa shape index (κ2) is 13.2. The molecule has 190 valence electrons. The van der Waals surface area contributed by atoms with Crippen LogP contribution in [0, 0.1) is 6.92 Å². The van der Waals surface area contributed by atoms with Crippen molar-refractivity contribution in [1.82, 2.24) is 5.32 Å². The van der Waals surface area contributed by atoms with E-state index < -0.39 is 36.4 Å². The lowest BCUT2D eigenvalue weighted by atomic mass is 9.96. The lowest BCUT2D eigenvalue weighted by Gasteiger charge is -2.18. The predicted molar refractivity (Wildman–Crippen MR) is 138 cm³/mol. The van der Waals surface area contributed by atoms with Crippen molar-refractivity contribution in [3.63, 3.8) is 0 Å². The number of nitrogens with one attached hydrogen (secondary N) is 1. The first-order chi connectivity index (χ1) is 17.0. The van der Waals surface area contributed by atoms with Gasteiger partial charge in [-0.05, 0) is 35.7 Å². The van der Waals surface area contributed by atoms with Crippen molar-refractivity contribution in [1.29, 1.82) is 0 Å². The van der Waals surface area contributed by atoms with Crippen LogP contribution in [0.1, 0.15) is 42.5 Å². The second-order valence-electron chi connectivity index (χ2n) is 8.49. The van der Waals surface area contributed by atoms with E-state index in [9.17, 15) is 14.4 Å². The number of benzene rings is 3. The third-order valence-electron chi connectivity index (χ3n) is 5.47. The minimum atomic E-state index is -2.74. The number of carboxylic acid groups (broad SMARTS) is 3. The van der Waals surface area contributed by atoms with Crippen LogP contribution in [0.2, 0.25) is 0 Å². The highest BCUT2D eigenvalue weighted by Crippen LogP contribution is 2.24. The molecule has 0 saturated heterocycles. The largest absolute Gasteiger partial charge is 0.481 e. The van der Waals surface area contributed by atoms with Crippen molar-refractivity contribution in [2.45, 2.75) is 38.3 Å². The number of aryl methyl sites for hydroxylation is 1. The molecule has 0 unspecified atom stereocenters. The Bertz CT molecular complexity index is 1210. The summed E-state index contributed by atoms with van der Waals surface area (Å²) in [6, 6.07) is 24.0. The fourth-order valence-corrected chi connectivity index (χ4v) is 3.67. The summed E-state index contributed by atoms with van der Waals surface area (Å²) < 4.78 is 0. The summed E-state index contributed by atoms with van der Waals surface area (Å²) in [5.41, 5.74) is 1.17. The molecule has 1 atom stereocenters. The molecule has 3 aromatic carbocycles. The molecule has 0 saturated carbocycles. The van der Waals surface area contributed by atoms with Crippen LogP contribution in [0.15, 0.2) is 72.8 Å². The third-order valence-corrected chi connectivity index (χ3v) is 5.47. The Morgan fingerprint density at radius 1 is 0.917 bits per heavy atom. The van der Waals surface area contributed by atoms with Crippen molar-refractivity contribution in [3.05, 3.63) is 89.5 Å². The minimum Gasteiger partial charge on any atom is -0.481 e. The van der Waals surface area contributed by atoms with Crippen LogP contribution in [-0.2, 0) is 14.4 Å². The van der Waals surface area contributed by atoms with Gasteiger partial charge < -0.3 is 25.7 Å². The van der Waals surface area contributed by atoms with Crippen molar-refractivity contribution < 1.29 is 34.8 Å². The van der Waals surface area contributed by atoms with Crippen LogP contribution in [-0.4, -0.2) is 50.5 Å². The number of fused-ring (bicyclic) bond motifs is 1. The molecule has 8 heteroatoms. The summed E-state index contributed by atoms with van der Waals surface area (Å²) in [6.45, 7) is 5.21. The van der Waals surface area contributed by atoms with Gasteiger partial charge in [-0.15, -0.1) is 0 Å². The number of rotatable bonds is 10. The summed E-state index contributed by atoms with van der Waals surface area (Å²) in [5.74, 6) is -5.02. The van der Waals surface area contributed by atoms with Gasteiger partial charge in [0.25, 0.3) is 0 Å². The molecule has 0 aliphatic rings. The zero-order chi connectivity index (χ0) is 26.7. The highest BCUT2D eigenvalue weighted by atomic mass is 16.4. The number of aliphatic hydroxyl groups is 1. The molecule has 0 bridgehead atoms. The molecule has 3 rings (SSSR count). The van der Waals surface area contributed by atoms with Crippen LogP contribution >= 0.6 is 0 Å². The maximum absolute atomic E-state index is 10.3. The van der Waals surface area contributed by atoms with Crippen LogP contribution in [0.3, 0.4) is 0 Å². The lowest BCUT2D eigenvalue weighted by Crippen LogP contribution is -2.42. The zero-order valence-corrected chi connectivity index (χ0v) is 20.2. The van der Waals surface area contributed by atoms with E-state index in [1.807, 2.05) is 0 Å². The van der Waals surface area contributed by atoms with E-state index in [1.54, 1.807) is 0 Å². The average molecular weight is 494 g/mol. The first-order valence-corrected chi connectivity index (χ1v) is 11.4. The van der Waals surface area contributed by atoms with Crippen LogP contribution in [0.25, 0.3) is 16.8 Å². The van der Waals surface area contributed by atoms with E-state index in [0.717, 1.165) is 6.54 Å². The lowest BCUT2D eigenvalue weighted by molar-refractivity contribution is -0.170. The SMILES string of the molecule is Cc1cccc(/C=C/CN[C@H](C)c2cccc3ccccc23)c1.O=C(O)CC(O)(CC(=O)O)C(=O)O. The van der Waals surface area contributed by atoms with Gasteiger partial charge in [-0.2, -0.15) is 0 Å². The molecule has 0 spiro atoms. The van der Waals surface area contributed by atoms with E-state index in [2.05, 4.69) is 98.0 Å². The molecule has 0 heterocycles. The van der Waals surface area contributed by atoms with Crippen molar-refractivity contribution >= 4 is 34.8 Å². The van der Waals surface area contributed by atoms with Gasteiger partial charge in [-0.25, -0.2) is 4.79 Å². The van der Waals surface area contributed by atoms with Gasteiger partial charge in [0, 0.05) is 12.6 Å². The number of carbonyl (C=O) groups is 3. The van der Waals surface area contributed by atoms with Gasteiger partial charge >= 0.3 is 17.9 Å². The first kappa shape index (κ1) is 28.2. The van der Waals surface area contributed by atoms with Crippen LogP contribution in [0.4, 0.5) is 0 Å². The molecule has 36 heavy (non-hydrogen) atoms. The molecule has 0 aromatic heterocycles. The molecule has 0 radical (unpaired) electrons. The molecular formula is C28H31NO7. The number of hydrogen-bond donors (Lipinski definition) is 5. The standard InChI is InChI=1S/C22H23N.C6H8O7/c1-17-8-5-9-19(16-17)10-7-15-23-18(2)21-14-6-12-20-11-3-4-13-22(20)21;7-3(8)1-6(13,5(11)12)2-4(9)10/h3-14,16,18,23H,15H2,1-2H3;13H,1-2H2,(H,7,8)(H,9,10)(H,11,12)/b10-7+;/t18-;/m1./s1. The van der Waals surface area contributed by atoms with E-state index >= 15 is 0 Å². The second-order valence-corrected chi connectivity index (χ2v) is 8.49. The average Bonchev–Trinajstić information content (AvgIpc) is 2.80. The Balaban J connectivity index is 0.000000302. The highest BCUT2D eigenvalue weighted by Gasteiger charge is 2.40. The van der Waals surface area contributed by atoms with Gasteiger partial charge in [-0.3, -0.25) is 9.59 Å². The number of aliphatic carboxylic acids is 3. The first-order valence-electron chi connectivity index (χ1n) is 11.4. The summed E-state index contributed by atoms with van der Waals surface area (Å²) in [4.78, 5) is 30.5. The Labute approximate surface area is 209 Å². The molecule has 0 amide bonds. The highest BCUT2D eigenvalue weighted by molar-refractivity contribution is 5.88. The van der Waals surface area contributed by atoms with Gasteiger partial charge in [0.1, 0.15) is 0 Å². The maximum Gasteiger partial charge on any atom is 0.336 e. The normalized spacial score (nSPS) is 12.1. The maximum atomic E-state index is 10.3. The van der Waals surface area contributed by atoms with Crippen molar-refractivity contribution in [2.24, 2.45) is 0 Å². The molecule has 0 aliphatic heterocycles. The third kappa shape index (κ3) is 8.65. The summed E-state index contributed by atoms with van der Waals surface area (Å²) in [6.07, 6.45) is 2.08. The Kier molecular flexibility index (Phi) is 10.3. The fraction of sp³-hybridized carbons (Fsp3) is 0.250. The van der Waals surface area contributed by atoms with Gasteiger partial charge in [0.05, 0.1) is 12.8 Å². The Morgan fingerprint density at radius 3 is 2.14 bits per heavy atom. The van der Waals surface area contributed by atoms with Crippen molar-refractivity contribution in [2.75, 3.05) is 6.54 Å². The predicted octanol–water partition coefficient (Wildman–Crippen LogP) is 4.26. The summed E-state index contributed by atoms with van der Waals surface area (Å²) in [7, 11) is 0. The van der Waals surface area contributed by atoms with E-state index in [-0.39, 0.29) is 0 Å². The molecule has 0 aliphatic carbocycles. The molecule has 8 nitrogen and oxygen atoms in total. The summed E-state index contributed by atoms with van der Waals surface area (Å²) >= 11 is 0. The van der Waals surface area contributed by atoms with E-state index in [0.29, 0.717) is 6.04 Å². The smallest absolute Gasteiger partial charge is 0.336 e. The van der Waals surface area contributed by atoms with Crippen molar-refractivity contribution in [3.8, 4) is 0 Å². The minimum absolute atomic E-state index is 0.322. The molecule has 5 N–H and O–H groups in total. The zero-order valence-electron chi connectivity index (χ0n) is 20.2. The van der Waals surface area contributed by atoms with Crippen LogP contribution < -0.4 is 5.32 Å². The topological polar surface area (TPSA) is 144 Å². The Hall–Kier alpha value is -4.01. The quantitative estimate of drug-likeness (QED) is 0.282. The monoisotopic (exact) mass is 493 g/mol. The Morgan fingerprint density at radius 2 is 1.53 bits per heavy atom. The van der Waals surface area contributed by atoms with Crippen LogP contribution in [0.5, 0.6) is 0 Å². The van der Waals surface area contributed by atoms with E-state index in [4.69, 9.17) is 20.4 Å². The van der Waals surface area contributed by atoms with Gasteiger partial charge in [0.15, 0.2) is 5.60 Å². The van der Waals surface area contributed by atoms with Gasteiger partial charge in [0.2, 0.25) is 0 Å². The summed E-state index contributed by atoms with van der Waals surface area (Å²) in [5, 5.41) is 40.0. The van der Waals surface area contributed by atoms with E-state index in [1.165, 1.54) is 27.5 Å².